The van der Waals surface area contributed by atoms with Crippen molar-refractivity contribution in [3.8, 4) is 0 Å². The van der Waals surface area contributed by atoms with Crippen molar-refractivity contribution in [2.75, 3.05) is 6.54 Å². The van der Waals surface area contributed by atoms with Gasteiger partial charge >= 0.3 is 5.97 Å². The molecule has 1 aliphatic rings. The summed E-state index contributed by atoms with van der Waals surface area (Å²) in [5.41, 5.74) is -0.199. The highest BCUT2D eigenvalue weighted by atomic mass is 19.1. The van der Waals surface area contributed by atoms with Crippen molar-refractivity contribution in [1.29, 1.82) is 0 Å². The molecule has 1 aromatic carbocycles. The van der Waals surface area contributed by atoms with Gasteiger partial charge in [-0.1, -0.05) is 12.1 Å². The van der Waals surface area contributed by atoms with E-state index in [0.29, 0.717) is 18.4 Å². The van der Waals surface area contributed by atoms with E-state index in [4.69, 9.17) is 5.11 Å². The normalized spacial score (nSPS) is 17.6. The van der Waals surface area contributed by atoms with Crippen molar-refractivity contribution < 1.29 is 19.1 Å². The Balaban J connectivity index is 1.95. The van der Waals surface area contributed by atoms with Gasteiger partial charge in [-0.15, -0.1) is 0 Å². The predicted octanol–water partition coefficient (Wildman–Crippen LogP) is 1.91. The number of aliphatic carboxylic acids is 1. The number of halogens is 1. The van der Waals surface area contributed by atoms with Gasteiger partial charge in [-0.2, -0.15) is 0 Å². The first kappa shape index (κ1) is 13.5. The maximum Gasteiger partial charge on any atom is 0.311 e. The van der Waals surface area contributed by atoms with Crippen LogP contribution in [0.25, 0.3) is 0 Å². The molecule has 1 amide bonds. The van der Waals surface area contributed by atoms with Gasteiger partial charge in [0.2, 0.25) is 5.91 Å². The van der Waals surface area contributed by atoms with Crippen molar-refractivity contribution in [1.82, 2.24) is 5.32 Å². The van der Waals surface area contributed by atoms with Crippen LogP contribution in [0, 0.1) is 11.2 Å². The predicted molar refractivity (Wildman–Crippen MR) is 67.1 cm³/mol. The molecule has 1 unspecified atom stereocenters. The van der Waals surface area contributed by atoms with Crippen molar-refractivity contribution >= 4 is 11.9 Å². The van der Waals surface area contributed by atoms with Crippen LogP contribution >= 0.6 is 0 Å². The van der Waals surface area contributed by atoms with Crippen molar-refractivity contribution in [2.45, 2.75) is 25.7 Å². The van der Waals surface area contributed by atoms with Crippen LogP contribution in [0.3, 0.4) is 0 Å². The maximum absolute atomic E-state index is 13.1. The van der Waals surface area contributed by atoms with Crippen molar-refractivity contribution in [2.24, 2.45) is 5.41 Å². The molecule has 1 aromatic rings. The van der Waals surface area contributed by atoms with E-state index in [1.165, 1.54) is 12.1 Å². The maximum atomic E-state index is 13.1. The summed E-state index contributed by atoms with van der Waals surface area (Å²) in [6.07, 6.45) is 1.19. The highest BCUT2D eigenvalue weighted by Crippen LogP contribution is 2.45. The van der Waals surface area contributed by atoms with E-state index in [9.17, 15) is 14.0 Å². The molecule has 0 aliphatic heterocycles. The largest absolute Gasteiger partial charge is 0.481 e. The first-order chi connectivity index (χ1) is 8.94. The van der Waals surface area contributed by atoms with Crippen LogP contribution in [-0.2, 0) is 9.59 Å². The zero-order valence-electron chi connectivity index (χ0n) is 10.6. The number of hydrogen-bond acceptors (Lipinski definition) is 2. The van der Waals surface area contributed by atoms with Gasteiger partial charge in [0.25, 0.3) is 0 Å². The number of carbonyl (C=O) groups is 2. The number of amides is 1. The Morgan fingerprint density at radius 2 is 2.16 bits per heavy atom. The van der Waals surface area contributed by atoms with E-state index in [2.05, 4.69) is 5.32 Å². The number of carbonyl (C=O) groups excluding carboxylic acids is 1. The lowest BCUT2D eigenvalue weighted by Gasteiger charge is -2.15. The van der Waals surface area contributed by atoms with Crippen molar-refractivity contribution in [3.63, 3.8) is 0 Å². The second-order valence-electron chi connectivity index (χ2n) is 5.08. The average molecular weight is 265 g/mol. The molecule has 4 nitrogen and oxygen atoms in total. The van der Waals surface area contributed by atoms with Gasteiger partial charge in [0, 0.05) is 6.54 Å². The summed E-state index contributed by atoms with van der Waals surface area (Å²) in [6, 6.07) is 5.86. The Kier molecular flexibility index (Phi) is 3.55. The monoisotopic (exact) mass is 265 g/mol. The minimum absolute atomic E-state index is 0.140. The zero-order valence-corrected chi connectivity index (χ0v) is 10.6. The Morgan fingerprint density at radius 3 is 2.68 bits per heavy atom. The summed E-state index contributed by atoms with van der Waals surface area (Å²) in [7, 11) is 0. The van der Waals surface area contributed by atoms with E-state index in [1.807, 2.05) is 0 Å². The topological polar surface area (TPSA) is 66.4 Å². The Bertz CT molecular complexity index is 511. The number of benzene rings is 1. The van der Waals surface area contributed by atoms with Gasteiger partial charge in [0.05, 0.1) is 11.3 Å². The highest BCUT2D eigenvalue weighted by molar-refractivity contribution is 5.85. The summed E-state index contributed by atoms with van der Waals surface area (Å²) in [5.74, 6) is -2.04. The smallest absolute Gasteiger partial charge is 0.311 e. The number of rotatable bonds is 5. The first-order valence-electron chi connectivity index (χ1n) is 6.21. The lowest BCUT2D eigenvalue weighted by molar-refractivity contribution is -0.143. The van der Waals surface area contributed by atoms with Gasteiger partial charge in [-0.25, -0.2) is 4.39 Å². The Hall–Kier alpha value is -1.91. The SMILES string of the molecule is CC(C(=O)NCC1(C(=O)O)CC1)c1cccc(F)c1. The van der Waals surface area contributed by atoms with Crippen LogP contribution in [0.5, 0.6) is 0 Å². The number of nitrogens with one attached hydrogen (secondary N) is 1. The average Bonchev–Trinajstić information content (AvgIpc) is 3.16. The molecule has 1 aliphatic carbocycles. The molecule has 19 heavy (non-hydrogen) atoms. The molecule has 2 N–H and O–H groups in total. The number of carboxylic acid groups (broad SMARTS) is 1. The van der Waals surface area contributed by atoms with Gasteiger partial charge in [-0.3, -0.25) is 9.59 Å². The van der Waals surface area contributed by atoms with Crippen molar-refractivity contribution in [3.05, 3.63) is 35.6 Å². The fraction of sp³-hybridized carbons (Fsp3) is 0.429. The van der Waals surface area contributed by atoms with Crippen LogP contribution in [0.15, 0.2) is 24.3 Å². The lowest BCUT2D eigenvalue weighted by atomic mass is 9.99. The molecular formula is C14H16FNO3. The molecule has 2 rings (SSSR count). The van der Waals surface area contributed by atoms with E-state index >= 15 is 0 Å². The standard InChI is InChI=1S/C14H16FNO3/c1-9(10-3-2-4-11(15)7-10)12(17)16-8-14(5-6-14)13(18)19/h2-4,7,9H,5-6,8H2,1H3,(H,16,17)(H,18,19). The molecule has 0 radical (unpaired) electrons. The van der Waals surface area contributed by atoms with E-state index in [1.54, 1.807) is 19.1 Å². The fourth-order valence-corrected chi connectivity index (χ4v) is 1.95. The quantitative estimate of drug-likeness (QED) is 0.854. The first-order valence-corrected chi connectivity index (χ1v) is 6.21. The molecular weight excluding hydrogens is 249 g/mol. The second-order valence-corrected chi connectivity index (χ2v) is 5.08. The minimum atomic E-state index is -0.869. The third-order valence-corrected chi connectivity index (χ3v) is 3.65. The van der Waals surface area contributed by atoms with Gasteiger partial charge in [0.1, 0.15) is 5.82 Å². The minimum Gasteiger partial charge on any atom is -0.481 e. The molecule has 0 heterocycles. The lowest BCUT2D eigenvalue weighted by Crippen LogP contribution is -2.36. The number of carboxylic acids is 1. The molecule has 102 valence electrons. The molecule has 0 aromatic heterocycles. The number of hydrogen-bond donors (Lipinski definition) is 2. The van der Waals surface area contributed by atoms with Crippen LogP contribution in [0.4, 0.5) is 4.39 Å². The summed E-state index contributed by atoms with van der Waals surface area (Å²) in [5, 5.41) is 11.7. The van der Waals surface area contributed by atoms with Gasteiger partial charge in [-0.05, 0) is 37.5 Å². The molecule has 0 saturated heterocycles. The van der Waals surface area contributed by atoms with E-state index in [0.717, 1.165) is 0 Å². The summed E-state index contributed by atoms with van der Waals surface area (Å²) >= 11 is 0. The molecule has 0 spiro atoms. The van der Waals surface area contributed by atoms with Crippen LogP contribution in [0.2, 0.25) is 0 Å². The van der Waals surface area contributed by atoms with Crippen LogP contribution < -0.4 is 5.32 Å². The van der Waals surface area contributed by atoms with Crippen LogP contribution in [-0.4, -0.2) is 23.5 Å². The Labute approximate surface area is 110 Å². The van der Waals surface area contributed by atoms with E-state index in [-0.39, 0.29) is 18.3 Å². The third-order valence-electron chi connectivity index (χ3n) is 3.65. The fourth-order valence-electron chi connectivity index (χ4n) is 1.95. The molecule has 1 saturated carbocycles. The van der Waals surface area contributed by atoms with Crippen LogP contribution in [0.1, 0.15) is 31.2 Å². The van der Waals surface area contributed by atoms with E-state index < -0.39 is 17.3 Å². The molecule has 0 bridgehead atoms. The Morgan fingerprint density at radius 1 is 1.47 bits per heavy atom. The molecule has 1 fully saturated rings. The zero-order chi connectivity index (χ0) is 14.0. The van der Waals surface area contributed by atoms with Gasteiger partial charge in [0.15, 0.2) is 0 Å². The van der Waals surface area contributed by atoms with Gasteiger partial charge < -0.3 is 10.4 Å². The third kappa shape index (κ3) is 2.92. The second kappa shape index (κ2) is 4.99. The molecule has 5 heteroatoms. The highest BCUT2D eigenvalue weighted by Gasteiger charge is 2.50. The summed E-state index contributed by atoms with van der Waals surface area (Å²) in [6.45, 7) is 1.81. The summed E-state index contributed by atoms with van der Waals surface area (Å²) in [4.78, 5) is 22.9. The summed E-state index contributed by atoms with van der Waals surface area (Å²) < 4.78 is 13.1. The molecule has 1 atom stereocenters.